The van der Waals surface area contributed by atoms with Crippen LogP contribution in [0.5, 0.6) is 0 Å². The summed E-state index contributed by atoms with van der Waals surface area (Å²) >= 11 is 0. The van der Waals surface area contributed by atoms with E-state index in [4.69, 9.17) is 0 Å². The Morgan fingerprint density at radius 1 is 1.07 bits per heavy atom. The van der Waals surface area contributed by atoms with Crippen LogP contribution in [0.25, 0.3) is 0 Å². The molecule has 0 aromatic heterocycles. The molecular formula is C13H23NSi. The zero-order chi connectivity index (χ0) is 11.3. The third kappa shape index (κ3) is 4.18. The van der Waals surface area contributed by atoms with Crippen LogP contribution in [0, 0.1) is 0 Å². The predicted octanol–water partition coefficient (Wildman–Crippen LogP) is 3.39. The highest BCUT2D eigenvalue weighted by Gasteiger charge is 2.22. The van der Waals surface area contributed by atoms with Crippen molar-refractivity contribution in [2.45, 2.75) is 32.0 Å². The first kappa shape index (κ1) is 12.5. The molecular weight excluding hydrogens is 198 g/mol. The van der Waals surface area contributed by atoms with Crippen LogP contribution in [-0.4, -0.2) is 26.9 Å². The summed E-state index contributed by atoms with van der Waals surface area (Å²) in [6.45, 7) is 4.88. The van der Waals surface area contributed by atoms with Crippen molar-refractivity contribution < 1.29 is 0 Å². The van der Waals surface area contributed by atoms with Crippen LogP contribution in [0.1, 0.15) is 12.0 Å². The summed E-state index contributed by atoms with van der Waals surface area (Å²) in [6, 6.07) is 12.2. The summed E-state index contributed by atoms with van der Waals surface area (Å²) in [5, 5.41) is 0. The molecule has 2 heteroatoms. The molecule has 0 fully saturated rings. The highest BCUT2D eigenvalue weighted by Crippen LogP contribution is 2.16. The lowest BCUT2D eigenvalue weighted by molar-refractivity contribution is 0.611. The Morgan fingerprint density at radius 3 is 2.20 bits per heavy atom. The van der Waals surface area contributed by atoms with Gasteiger partial charge >= 0.3 is 0 Å². The van der Waals surface area contributed by atoms with E-state index in [0.717, 1.165) is 0 Å². The number of nitrogens with zero attached hydrogens (tertiary/aromatic N) is 1. The molecule has 0 N–H and O–H groups in total. The minimum atomic E-state index is -1.10. The molecule has 84 valence electrons. The third-order valence-corrected chi connectivity index (χ3v) is 7.31. The zero-order valence-electron chi connectivity index (χ0n) is 10.5. The van der Waals surface area contributed by atoms with E-state index >= 15 is 0 Å². The fraction of sp³-hybridized carbons (Fsp3) is 0.538. The molecule has 0 atom stereocenters. The first-order valence-electron chi connectivity index (χ1n) is 5.74. The van der Waals surface area contributed by atoms with Crippen LogP contribution in [0.15, 0.2) is 30.3 Å². The second-order valence-corrected chi connectivity index (χ2v) is 10.1. The van der Waals surface area contributed by atoms with E-state index in [1.54, 1.807) is 0 Å². The van der Waals surface area contributed by atoms with Crippen molar-refractivity contribution in [2.24, 2.45) is 0 Å². The highest BCUT2D eigenvalue weighted by atomic mass is 28.3. The van der Waals surface area contributed by atoms with E-state index in [2.05, 4.69) is 62.1 Å². The number of benzene rings is 1. The number of hydrogen-bond acceptors (Lipinski definition) is 1. The summed E-state index contributed by atoms with van der Waals surface area (Å²) in [5.74, 6) is 0. The molecule has 0 heterocycles. The smallest absolute Gasteiger partial charge is 0.121 e. The first-order chi connectivity index (χ1) is 7.02. The topological polar surface area (TPSA) is 3.24 Å². The van der Waals surface area contributed by atoms with E-state index in [1.807, 2.05) is 0 Å². The predicted molar refractivity (Wildman–Crippen MR) is 70.7 cm³/mol. The third-order valence-electron chi connectivity index (χ3n) is 3.31. The van der Waals surface area contributed by atoms with Gasteiger partial charge in [-0.05, 0) is 32.1 Å². The van der Waals surface area contributed by atoms with Gasteiger partial charge in [0.15, 0.2) is 0 Å². The van der Waals surface area contributed by atoms with Gasteiger partial charge in [-0.3, -0.25) is 0 Å². The van der Waals surface area contributed by atoms with Crippen LogP contribution in [0.4, 0.5) is 0 Å². The molecule has 0 saturated carbocycles. The maximum atomic E-state index is 2.44. The number of rotatable bonds is 5. The fourth-order valence-electron chi connectivity index (χ4n) is 1.59. The van der Waals surface area contributed by atoms with Gasteiger partial charge in [0.25, 0.3) is 0 Å². The number of aryl methyl sites for hydroxylation is 1. The van der Waals surface area contributed by atoms with Crippen LogP contribution >= 0.6 is 0 Å². The van der Waals surface area contributed by atoms with Gasteiger partial charge in [-0.25, -0.2) is 0 Å². The van der Waals surface area contributed by atoms with Gasteiger partial charge in [-0.15, -0.1) is 0 Å². The Morgan fingerprint density at radius 2 is 1.67 bits per heavy atom. The average Bonchev–Trinajstić information content (AvgIpc) is 2.19. The second-order valence-electron chi connectivity index (χ2n) is 5.05. The van der Waals surface area contributed by atoms with Crippen molar-refractivity contribution >= 4 is 8.24 Å². The van der Waals surface area contributed by atoms with Crippen molar-refractivity contribution in [3.05, 3.63) is 35.9 Å². The molecule has 0 aliphatic heterocycles. The lowest BCUT2D eigenvalue weighted by Gasteiger charge is -2.30. The molecule has 0 unspecified atom stereocenters. The Balaban J connectivity index is 2.34. The molecule has 0 aliphatic rings. The quantitative estimate of drug-likeness (QED) is 0.689. The molecule has 1 aromatic rings. The van der Waals surface area contributed by atoms with Crippen molar-refractivity contribution in [3.8, 4) is 0 Å². The molecule has 0 radical (unpaired) electrons. The molecule has 1 rings (SSSR count). The maximum Gasteiger partial charge on any atom is 0.121 e. The molecule has 0 bridgehead atoms. The fourth-order valence-corrected chi connectivity index (χ4v) is 3.08. The monoisotopic (exact) mass is 221 g/mol. The molecule has 1 aromatic carbocycles. The Hall–Kier alpha value is -0.603. The molecule has 0 spiro atoms. The van der Waals surface area contributed by atoms with E-state index in [-0.39, 0.29) is 0 Å². The lowest BCUT2D eigenvalue weighted by atomic mass is 10.1. The van der Waals surface area contributed by atoms with Crippen molar-refractivity contribution in [2.75, 3.05) is 14.1 Å². The van der Waals surface area contributed by atoms with E-state index in [1.165, 1.54) is 24.4 Å². The van der Waals surface area contributed by atoms with Crippen molar-refractivity contribution in [1.29, 1.82) is 0 Å². The van der Waals surface area contributed by atoms with Crippen LogP contribution in [-0.2, 0) is 6.42 Å². The van der Waals surface area contributed by atoms with E-state index in [9.17, 15) is 0 Å². The molecule has 1 nitrogen and oxygen atoms in total. The maximum absolute atomic E-state index is 2.44. The highest BCUT2D eigenvalue weighted by molar-refractivity contribution is 6.74. The van der Waals surface area contributed by atoms with E-state index in [0.29, 0.717) is 0 Å². The minimum absolute atomic E-state index is 1.10. The Kier molecular flexibility index (Phi) is 4.55. The average molecular weight is 221 g/mol. The Labute approximate surface area is 95.2 Å². The molecule has 0 aliphatic carbocycles. The summed E-state index contributed by atoms with van der Waals surface area (Å²) in [7, 11) is 3.33. The van der Waals surface area contributed by atoms with Gasteiger partial charge in [-0.2, -0.15) is 0 Å². The van der Waals surface area contributed by atoms with Gasteiger partial charge in [0, 0.05) is 0 Å². The van der Waals surface area contributed by atoms with E-state index < -0.39 is 8.24 Å². The second kappa shape index (κ2) is 5.47. The summed E-state index contributed by atoms with van der Waals surface area (Å²) in [4.78, 5) is 0. The summed E-state index contributed by atoms with van der Waals surface area (Å²) in [5.41, 5.74) is 1.47. The van der Waals surface area contributed by atoms with Gasteiger partial charge in [-0.1, -0.05) is 49.8 Å². The van der Waals surface area contributed by atoms with Crippen LogP contribution in [0.3, 0.4) is 0 Å². The van der Waals surface area contributed by atoms with Gasteiger partial charge in [0.2, 0.25) is 0 Å². The molecule has 15 heavy (non-hydrogen) atoms. The van der Waals surface area contributed by atoms with Crippen LogP contribution < -0.4 is 0 Å². The van der Waals surface area contributed by atoms with Crippen molar-refractivity contribution in [1.82, 2.24) is 4.57 Å². The van der Waals surface area contributed by atoms with Crippen molar-refractivity contribution in [3.63, 3.8) is 0 Å². The normalized spacial score (nSPS) is 12.1. The van der Waals surface area contributed by atoms with Gasteiger partial charge in [0.1, 0.15) is 8.24 Å². The Bertz CT molecular complexity index is 280. The number of hydrogen-bond donors (Lipinski definition) is 0. The lowest BCUT2D eigenvalue weighted by Crippen LogP contribution is -2.43. The zero-order valence-corrected chi connectivity index (χ0v) is 11.5. The SMILES string of the molecule is CN(C)[Si](C)(C)CCCc1ccccc1. The van der Waals surface area contributed by atoms with Gasteiger partial charge < -0.3 is 4.57 Å². The first-order valence-corrected chi connectivity index (χ1v) is 8.89. The standard InChI is InChI=1S/C13H23NSi/c1-14(2)15(3,4)12-8-11-13-9-6-5-7-10-13/h5-7,9-10H,8,11-12H2,1-4H3. The minimum Gasteiger partial charge on any atom is -0.329 e. The van der Waals surface area contributed by atoms with Crippen LogP contribution in [0.2, 0.25) is 19.1 Å². The largest absolute Gasteiger partial charge is 0.329 e. The molecule has 0 saturated heterocycles. The summed E-state index contributed by atoms with van der Waals surface area (Å²) in [6.07, 6.45) is 2.55. The molecule has 0 amide bonds. The summed E-state index contributed by atoms with van der Waals surface area (Å²) < 4.78 is 2.44. The van der Waals surface area contributed by atoms with Gasteiger partial charge in [0.05, 0.1) is 0 Å².